The van der Waals surface area contributed by atoms with Gasteiger partial charge in [0, 0.05) is 31.2 Å². The Labute approximate surface area is 158 Å². The standard InChI is InChI=1S/C18H24N2O6S/c1-13-4-5-14(18(23)20-6-2-3-15(20)12-17(21)22)11-16(13)27(24,25)19-7-9-26-10-8-19/h4-5,11,15H,2-3,6-10,12H2,1H3,(H,21,22). The number of benzene rings is 1. The van der Waals surface area contributed by atoms with Crippen LogP contribution in [0.5, 0.6) is 0 Å². The van der Waals surface area contributed by atoms with Crippen LogP contribution in [0.2, 0.25) is 0 Å². The fourth-order valence-corrected chi connectivity index (χ4v) is 5.28. The van der Waals surface area contributed by atoms with Gasteiger partial charge in [-0.05, 0) is 37.5 Å². The Morgan fingerprint density at radius 3 is 2.59 bits per heavy atom. The fraction of sp³-hybridized carbons (Fsp3) is 0.556. The molecule has 0 aliphatic carbocycles. The summed E-state index contributed by atoms with van der Waals surface area (Å²) >= 11 is 0. The van der Waals surface area contributed by atoms with Crippen molar-refractivity contribution in [2.45, 2.75) is 37.1 Å². The zero-order valence-corrected chi connectivity index (χ0v) is 16.1. The molecule has 0 saturated carbocycles. The molecule has 0 bridgehead atoms. The van der Waals surface area contributed by atoms with Gasteiger partial charge >= 0.3 is 5.97 Å². The lowest BCUT2D eigenvalue weighted by Gasteiger charge is -2.27. The monoisotopic (exact) mass is 396 g/mol. The summed E-state index contributed by atoms with van der Waals surface area (Å²) < 4.78 is 32.6. The molecule has 1 amide bonds. The maximum atomic E-state index is 13.0. The normalized spacial score (nSPS) is 21.4. The van der Waals surface area contributed by atoms with Gasteiger partial charge in [0.1, 0.15) is 0 Å². The van der Waals surface area contributed by atoms with Crippen LogP contribution in [0.4, 0.5) is 0 Å². The number of sulfonamides is 1. The highest BCUT2D eigenvalue weighted by Crippen LogP contribution is 2.26. The summed E-state index contributed by atoms with van der Waals surface area (Å²) in [7, 11) is -3.72. The number of carboxylic acids is 1. The summed E-state index contributed by atoms with van der Waals surface area (Å²) in [6.45, 7) is 3.45. The van der Waals surface area contributed by atoms with Crippen LogP contribution in [0, 0.1) is 6.92 Å². The smallest absolute Gasteiger partial charge is 0.305 e. The highest BCUT2D eigenvalue weighted by atomic mass is 32.2. The van der Waals surface area contributed by atoms with Gasteiger partial charge in [0.2, 0.25) is 10.0 Å². The second kappa shape index (κ2) is 7.95. The molecule has 1 atom stereocenters. The molecule has 1 aromatic rings. The molecule has 2 aliphatic rings. The average Bonchev–Trinajstić information content (AvgIpc) is 3.09. The van der Waals surface area contributed by atoms with Crippen LogP contribution in [-0.4, -0.2) is 73.5 Å². The van der Waals surface area contributed by atoms with Crippen LogP contribution in [0.1, 0.15) is 35.2 Å². The van der Waals surface area contributed by atoms with Crippen molar-refractivity contribution in [3.8, 4) is 0 Å². The Hall–Kier alpha value is -1.97. The Kier molecular flexibility index (Phi) is 5.83. The van der Waals surface area contributed by atoms with Crippen molar-refractivity contribution in [3.63, 3.8) is 0 Å². The second-order valence-electron chi connectivity index (χ2n) is 6.89. The van der Waals surface area contributed by atoms with Crippen molar-refractivity contribution in [2.75, 3.05) is 32.8 Å². The number of aliphatic carboxylic acids is 1. The van der Waals surface area contributed by atoms with Gasteiger partial charge in [0.05, 0.1) is 24.5 Å². The lowest BCUT2D eigenvalue weighted by Crippen LogP contribution is -2.41. The van der Waals surface area contributed by atoms with E-state index in [4.69, 9.17) is 9.84 Å². The molecule has 9 heteroatoms. The van der Waals surface area contributed by atoms with Crippen LogP contribution >= 0.6 is 0 Å². The number of amides is 1. The molecule has 3 rings (SSSR count). The topological polar surface area (TPSA) is 104 Å². The lowest BCUT2D eigenvalue weighted by molar-refractivity contribution is -0.137. The number of carbonyl (C=O) groups is 2. The van der Waals surface area contributed by atoms with Crippen LogP contribution in [-0.2, 0) is 19.6 Å². The van der Waals surface area contributed by atoms with Gasteiger partial charge in [-0.15, -0.1) is 0 Å². The van der Waals surface area contributed by atoms with Gasteiger partial charge in [0.25, 0.3) is 5.91 Å². The van der Waals surface area contributed by atoms with Gasteiger partial charge in [0.15, 0.2) is 0 Å². The third-order valence-electron chi connectivity index (χ3n) is 5.07. The van der Waals surface area contributed by atoms with E-state index in [-0.39, 0.29) is 41.9 Å². The number of morpholine rings is 1. The van der Waals surface area contributed by atoms with E-state index >= 15 is 0 Å². The van der Waals surface area contributed by atoms with Crippen molar-refractivity contribution in [2.24, 2.45) is 0 Å². The number of nitrogens with zero attached hydrogens (tertiary/aromatic N) is 2. The molecule has 0 spiro atoms. The molecule has 2 heterocycles. The molecule has 1 unspecified atom stereocenters. The zero-order chi connectivity index (χ0) is 19.6. The second-order valence-corrected chi connectivity index (χ2v) is 8.80. The van der Waals surface area contributed by atoms with E-state index in [1.165, 1.54) is 10.4 Å². The first-order valence-corrected chi connectivity index (χ1v) is 10.5. The number of hydrogen-bond acceptors (Lipinski definition) is 5. The highest BCUT2D eigenvalue weighted by molar-refractivity contribution is 7.89. The molecule has 148 valence electrons. The third-order valence-corrected chi connectivity index (χ3v) is 7.11. The van der Waals surface area contributed by atoms with Crippen molar-refractivity contribution >= 4 is 21.9 Å². The summed E-state index contributed by atoms with van der Waals surface area (Å²) in [4.78, 5) is 25.6. The first-order chi connectivity index (χ1) is 12.8. The minimum Gasteiger partial charge on any atom is -0.481 e. The maximum Gasteiger partial charge on any atom is 0.305 e. The lowest BCUT2D eigenvalue weighted by atomic mass is 10.1. The molecule has 0 radical (unpaired) electrons. The number of likely N-dealkylation sites (tertiary alicyclic amines) is 1. The van der Waals surface area contributed by atoms with E-state index in [1.807, 2.05) is 0 Å². The molecular formula is C18H24N2O6S. The molecule has 0 aromatic heterocycles. The minimum atomic E-state index is -3.72. The van der Waals surface area contributed by atoms with E-state index in [0.717, 1.165) is 6.42 Å². The summed E-state index contributed by atoms with van der Waals surface area (Å²) in [6, 6.07) is 4.30. The predicted octanol–water partition coefficient (Wildman–Crippen LogP) is 1.10. The average molecular weight is 396 g/mol. The van der Waals surface area contributed by atoms with Crippen molar-refractivity contribution in [3.05, 3.63) is 29.3 Å². The van der Waals surface area contributed by atoms with E-state index in [9.17, 15) is 18.0 Å². The first-order valence-electron chi connectivity index (χ1n) is 9.02. The van der Waals surface area contributed by atoms with E-state index in [1.54, 1.807) is 24.0 Å². The van der Waals surface area contributed by atoms with Crippen molar-refractivity contribution in [1.29, 1.82) is 0 Å². The summed E-state index contributed by atoms with van der Waals surface area (Å²) in [5.41, 5.74) is 0.839. The van der Waals surface area contributed by atoms with Crippen molar-refractivity contribution in [1.82, 2.24) is 9.21 Å². The van der Waals surface area contributed by atoms with Crippen molar-refractivity contribution < 1.29 is 27.9 Å². The molecule has 1 N–H and O–H groups in total. The quantitative estimate of drug-likeness (QED) is 0.799. The Bertz CT molecular complexity index is 832. The van der Waals surface area contributed by atoms with Crippen LogP contribution in [0.25, 0.3) is 0 Å². The molecule has 27 heavy (non-hydrogen) atoms. The van der Waals surface area contributed by atoms with Gasteiger partial charge in [-0.2, -0.15) is 4.31 Å². The summed E-state index contributed by atoms with van der Waals surface area (Å²) in [5.74, 6) is -1.27. The number of carboxylic acid groups (broad SMARTS) is 1. The van der Waals surface area contributed by atoms with E-state index in [2.05, 4.69) is 0 Å². The number of carbonyl (C=O) groups excluding carboxylic acids is 1. The van der Waals surface area contributed by atoms with Gasteiger partial charge < -0.3 is 14.7 Å². The third kappa shape index (κ3) is 4.15. The first kappa shape index (κ1) is 19.8. The van der Waals surface area contributed by atoms with Gasteiger partial charge in [-0.25, -0.2) is 8.42 Å². The SMILES string of the molecule is Cc1ccc(C(=O)N2CCCC2CC(=O)O)cc1S(=O)(=O)N1CCOCC1. The molecule has 1 aromatic carbocycles. The molecule has 2 fully saturated rings. The largest absolute Gasteiger partial charge is 0.481 e. The van der Waals surface area contributed by atoms with E-state index in [0.29, 0.717) is 31.7 Å². The number of aryl methyl sites for hydroxylation is 1. The Morgan fingerprint density at radius 1 is 1.22 bits per heavy atom. The molecule has 2 saturated heterocycles. The maximum absolute atomic E-state index is 13.0. The van der Waals surface area contributed by atoms with Crippen LogP contribution in [0.15, 0.2) is 23.1 Å². The number of hydrogen-bond donors (Lipinski definition) is 1. The fourth-order valence-electron chi connectivity index (χ4n) is 3.62. The zero-order valence-electron chi connectivity index (χ0n) is 15.3. The highest BCUT2D eigenvalue weighted by Gasteiger charge is 2.33. The van der Waals surface area contributed by atoms with Crippen LogP contribution < -0.4 is 0 Å². The number of rotatable bonds is 5. The van der Waals surface area contributed by atoms with Gasteiger partial charge in [-0.3, -0.25) is 9.59 Å². The van der Waals surface area contributed by atoms with Gasteiger partial charge in [-0.1, -0.05) is 6.07 Å². The molecular weight excluding hydrogens is 372 g/mol. The summed E-state index contributed by atoms with van der Waals surface area (Å²) in [5, 5.41) is 9.04. The number of ether oxygens (including phenoxy) is 1. The Balaban J connectivity index is 1.88. The predicted molar refractivity (Wildman–Crippen MR) is 97.1 cm³/mol. The van der Waals surface area contributed by atoms with E-state index < -0.39 is 16.0 Å². The molecule has 8 nitrogen and oxygen atoms in total. The minimum absolute atomic E-state index is 0.101. The summed E-state index contributed by atoms with van der Waals surface area (Å²) in [6.07, 6.45) is 1.29. The molecule has 2 aliphatic heterocycles. The Morgan fingerprint density at radius 2 is 1.93 bits per heavy atom. The van der Waals surface area contributed by atoms with Crippen LogP contribution in [0.3, 0.4) is 0 Å².